The lowest BCUT2D eigenvalue weighted by molar-refractivity contribution is 0.132. The largest absolute Gasteiger partial charge is 0.310 e. The molecule has 0 atom stereocenters. The van der Waals surface area contributed by atoms with Crippen molar-refractivity contribution in [2.24, 2.45) is 0 Å². The fraction of sp³-hybridized carbons (Fsp3) is 0.647. The number of nitrogens with zero attached hydrogens (tertiary/aromatic N) is 2. The molecule has 3 nitrogen and oxygen atoms in total. The second-order valence-corrected chi connectivity index (χ2v) is 6.19. The van der Waals surface area contributed by atoms with Crippen LogP contribution in [0.4, 0.5) is 0 Å². The van der Waals surface area contributed by atoms with Crippen LogP contribution in [-0.2, 0) is 13.1 Å². The van der Waals surface area contributed by atoms with E-state index >= 15 is 0 Å². The summed E-state index contributed by atoms with van der Waals surface area (Å²) in [6.45, 7) is 10.4. The first kappa shape index (κ1) is 14.1. The van der Waals surface area contributed by atoms with Gasteiger partial charge in [-0.25, -0.2) is 0 Å². The Morgan fingerprint density at radius 3 is 2.45 bits per heavy atom. The lowest BCUT2D eigenvalue weighted by atomic mass is 10.1. The van der Waals surface area contributed by atoms with Gasteiger partial charge in [-0.15, -0.1) is 0 Å². The Bertz CT molecular complexity index is 420. The molecule has 3 heteroatoms. The number of rotatable bonds is 6. The first-order valence-corrected chi connectivity index (χ1v) is 8.09. The Morgan fingerprint density at radius 1 is 1.05 bits per heavy atom. The highest BCUT2D eigenvalue weighted by Gasteiger charge is 2.20. The molecule has 0 radical (unpaired) electrons. The number of likely N-dealkylation sites (N-methyl/N-ethyl adjacent to an activating group) is 1. The summed E-state index contributed by atoms with van der Waals surface area (Å²) in [6, 6.07) is 9.89. The Balaban J connectivity index is 1.50. The molecule has 1 saturated heterocycles. The van der Waals surface area contributed by atoms with Crippen molar-refractivity contribution >= 4 is 0 Å². The summed E-state index contributed by atoms with van der Waals surface area (Å²) in [4.78, 5) is 5.12. The Labute approximate surface area is 123 Å². The molecule has 0 aromatic heterocycles. The zero-order valence-electron chi connectivity index (χ0n) is 12.6. The van der Waals surface area contributed by atoms with Gasteiger partial charge in [0.15, 0.2) is 0 Å². The van der Waals surface area contributed by atoms with Crippen molar-refractivity contribution in [3.05, 3.63) is 35.4 Å². The van der Waals surface area contributed by atoms with Crippen LogP contribution < -0.4 is 5.32 Å². The predicted octanol–water partition coefficient (Wildman–Crippen LogP) is 2.08. The van der Waals surface area contributed by atoms with Crippen LogP contribution in [0.2, 0.25) is 0 Å². The van der Waals surface area contributed by atoms with E-state index in [0.717, 1.165) is 19.1 Å². The lowest BCUT2D eigenvalue weighted by Gasteiger charge is -2.34. The van der Waals surface area contributed by atoms with Crippen LogP contribution in [-0.4, -0.2) is 48.6 Å². The fourth-order valence-corrected chi connectivity index (χ4v) is 2.91. The van der Waals surface area contributed by atoms with E-state index in [1.54, 1.807) is 0 Å². The molecule has 2 fully saturated rings. The standard InChI is InChI=1S/C17H27N3/c1-2-19-8-10-20(11-9-19)14-16-5-3-4-15(12-16)13-18-17-6-7-17/h3-5,12,17-18H,2,6-11,13-14H2,1H3. The minimum absolute atomic E-state index is 0.792. The van der Waals surface area contributed by atoms with Gasteiger partial charge < -0.3 is 10.2 Å². The molecule has 110 valence electrons. The quantitative estimate of drug-likeness (QED) is 0.856. The summed E-state index contributed by atoms with van der Waals surface area (Å²) in [5, 5.41) is 3.60. The van der Waals surface area contributed by atoms with Gasteiger partial charge in [0.25, 0.3) is 0 Å². The molecule has 2 aliphatic rings. The van der Waals surface area contributed by atoms with E-state index in [2.05, 4.69) is 46.3 Å². The number of hydrogen-bond acceptors (Lipinski definition) is 3. The molecule has 1 aliphatic carbocycles. The molecule has 1 N–H and O–H groups in total. The molecular weight excluding hydrogens is 246 g/mol. The van der Waals surface area contributed by atoms with Crippen molar-refractivity contribution in [2.45, 2.75) is 38.9 Å². The van der Waals surface area contributed by atoms with Gasteiger partial charge in [0.2, 0.25) is 0 Å². The molecule has 20 heavy (non-hydrogen) atoms. The molecule has 0 spiro atoms. The first-order valence-electron chi connectivity index (χ1n) is 8.09. The van der Waals surface area contributed by atoms with E-state index in [-0.39, 0.29) is 0 Å². The lowest BCUT2D eigenvalue weighted by Crippen LogP contribution is -2.45. The average Bonchev–Trinajstić information content (AvgIpc) is 3.31. The van der Waals surface area contributed by atoms with E-state index in [0.29, 0.717) is 0 Å². The van der Waals surface area contributed by atoms with Gasteiger partial charge in [-0.05, 0) is 30.5 Å². The summed E-state index contributed by atoms with van der Waals surface area (Å²) in [7, 11) is 0. The van der Waals surface area contributed by atoms with Gasteiger partial charge in [-0.3, -0.25) is 4.90 Å². The number of benzene rings is 1. The Morgan fingerprint density at radius 2 is 1.75 bits per heavy atom. The SMILES string of the molecule is CCN1CCN(Cc2cccc(CNC3CC3)c2)CC1. The van der Waals surface area contributed by atoms with Gasteiger partial charge >= 0.3 is 0 Å². The third kappa shape index (κ3) is 4.05. The molecule has 1 aromatic carbocycles. The summed E-state index contributed by atoms with van der Waals surface area (Å²) >= 11 is 0. The van der Waals surface area contributed by atoms with Crippen LogP contribution in [0.1, 0.15) is 30.9 Å². The van der Waals surface area contributed by atoms with Crippen molar-refractivity contribution in [2.75, 3.05) is 32.7 Å². The topological polar surface area (TPSA) is 18.5 Å². The maximum atomic E-state index is 3.60. The number of nitrogens with one attached hydrogen (secondary N) is 1. The summed E-state index contributed by atoms with van der Waals surface area (Å²) in [6.07, 6.45) is 2.72. The molecule has 0 bridgehead atoms. The van der Waals surface area contributed by atoms with E-state index in [1.807, 2.05) is 0 Å². The van der Waals surface area contributed by atoms with Crippen molar-refractivity contribution in [3.63, 3.8) is 0 Å². The average molecular weight is 273 g/mol. The summed E-state index contributed by atoms with van der Waals surface area (Å²) in [5.74, 6) is 0. The number of hydrogen-bond donors (Lipinski definition) is 1. The third-order valence-corrected chi connectivity index (χ3v) is 4.48. The van der Waals surface area contributed by atoms with Crippen molar-refractivity contribution < 1.29 is 0 Å². The van der Waals surface area contributed by atoms with Gasteiger partial charge in [0.05, 0.1) is 0 Å². The van der Waals surface area contributed by atoms with Crippen molar-refractivity contribution in [1.82, 2.24) is 15.1 Å². The summed E-state index contributed by atoms with van der Waals surface area (Å²) < 4.78 is 0. The van der Waals surface area contributed by atoms with E-state index in [1.165, 1.54) is 56.7 Å². The maximum Gasteiger partial charge on any atom is 0.0234 e. The van der Waals surface area contributed by atoms with Gasteiger partial charge in [0, 0.05) is 45.3 Å². The minimum Gasteiger partial charge on any atom is -0.310 e. The second-order valence-electron chi connectivity index (χ2n) is 6.19. The Hall–Kier alpha value is -0.900. The minimum atomic E-state index is 0.792. The van der Waals surface area contributed by atoms with E-state index in [4.69, 9.17) is 0 Å². The van der Waals surface area contributed by atoms with Crippen LogP contribution in [0.3, 0.4) is 0 Å². The molecule has 1 heterocycles. The van der Waals surface area contributed by atoms with Crippen LogP contribution in [0, 0.1) is 0 Å². The van der Waals surface area contributed by atoms with Crippen LogP contribution in [0.15, 0.2) is 24.3 Å². The smallest absolute Gasteiger partial charge is 0.0234 e. The Kier molecular flexibility index (Phi) is 4.71. The predicted molar refractivity (Wildman–Crippen MR) is 83.7 cm³/mol. The first-order chi connectivity index (χ1) is 9.83. The van der Waals surface area contributed by atoms with Crippen LogP contribution in [0.5, 0.6) is 0 Å². The molecular formula is C17H27N3. The molecule has 0 amide bonds. The molecule has 1 saturated carbocycles. The van der Waals surface area contributed by atoms with Crippen LogP contribution >= 0.6 is 0 Å². The zero-order valence-corrected chi connectivity index (χ0v) is 12.6. The van der Waals surface area contributed by atoms with Gasteiger partial charge in [-0.1, -0.05) is 31.2 Å². The molecule has 1 aliphatic heterocycles. The molecule has 0 unspecified atom stereocenters. The highest BCUT2D eigenvalue weighted by Crippen LogP contribution is 2.19. The second kappa shape index (κ2) is 6.70. The summed E-state index contributed by atoms with van der Waals surface area (Å²) in [5.41, 5.74) is 2.90. The van der Waals surface area contributed by atoms with Gasteiger partial charge in [-0.2, -0.15) is 0 Å². The zero-order chi connectivity index (χ0) is 13.8. The fourth-order valence-electron chi connectivity index (χ4n) is 2.91. The number of piperazine rings is 1. The van der Waals surface area contributed by atoms with E-state index in [9.17, 15) is 0 Å². The van der Waals surface area contributed by atoms with E-state index < -0.39 is 0 Å². The normalized spacial score (nSPS) is 21.2. The highest BCUT2D eigenvalue weighted by atomic mass is 15.3. The highest BCUT2D eigenvalue weighted by molar-refractivity contribution is 5.23. The van der Waals surface area contributed by atoms with Crippen molar-refractivity contribution in [3.8, 4) is 0 Å². The van der Waals surface area contributed by atoms with Crippen LogP contribution in [0.25, 0.3) is 0 Å². The molecule has 3 rings (SSSR count). The monoisotopic (exact) mass is 273 g/mol. The van der Waals surface area contributed by atoms with Crippen molar-refractivity contribution in [1.29, 1.82) is 0 Å². The third-order valence-electron chi connectivity index (χ3n) is 4.48. The van der Waals surface area contributed by atoms with Gasteiger partial charge in [0.1, 0.15) is 0 Å². The maximum absolute atomic E-state index is 3.60. The molecule has 1 aromatic rings.